The fraction of sp³-hybridized carbons (Fsp3) is 0.150. The number of non-ortho nitro benzene ring substituents is 1. The first kappa shape index (κ1) is 18.8. The summed E-state index contributed by atoms with van der Waals surface area (Å²) in [5.41, 5.74) is 1.02. The lowest BCUT2D eigenvalue weighted by Gasteiger charge is -2.04. The highest BCUT2D eigenvalue weighted by Gasteiger charge is 2.12. The minimum atomic E-state index is -0.469. The second kappa shape index (κ2) is 7.80. The maximum Gasteiger partial charge on any atom is 0.291 e. The van der Waals surface area contributed by atoms with Gasteiger partial charge >= 0.3 is 0 Å². The average molecular weight is 408 g/mol. The van der Waals surface area contributed by atoms with Crippen molar-refractivity contribution in [3.63, 3.8) is 0 Å². The van der Waals surface area contributed by atoms with Gasteiger partial charge in [-0.2, -0.15) is 9.50 Å². The summed E-state index contributed by atoms with van der Waals surface area (Å²) in [5.74, 6) is 1.23. The molecular weight excluding hydrogens is 392 g/mol. The van der Waals surface area contributed by atoms with Crippen LogP contribution in [-0.2, 0) is 0 Å². The first-order valence-corrected chi connectivity index (χ1v) is 9.76. The molecule has 146 valence electrons. The highest BCUT2D eigenvalue weighted by Crippen LogP contribution is 2.20. The maximum atomic E-state index is 12.7. The van der Waals surface area contributed by atoms with Gasteiger partial charge in [-0.15, -0.1) is 5.10 Å². The number of rotatable bonds is 6. The van der Waals surface area contributed by atoms with E-state index in [0.717, 1.165) is 17.7 Å². The Morgan fingerprint density at radius 3 is 2.72 bits per heavy atom. The van der Waals surface area contributed by atoms with E-state index < -0.39 is 4.92 Å². The van der Waals surface area contributed by atoms with Crippen LogP contribution in [0.5, 0.6) is 5.75 Å². The van der Waals surface area contributed by atoms with E-state index in [0.29, 0.717) is 27.5 Å². The van der Waals surface area contributed by atoms with Crippen LogP contribution in [0.2, 0.25) is 0 Å². The second-order valence-corrected chi connectivity index (χ2v) is 7.28. The first-order chi connectivity index (χ1) is 14.0. The number of nitro groups is 1. The minimum absolute atomic E-state index is 0.0284. The molecule has 4 rings (SSSR count). The lowest BCUT2D eigenvalue weighted by Crippen LogP contribution is -2.23. The van der Waals surface area contributed by atoms with Gasteiger partial charge in [0, 0.05) is 17.7 Å². The molecule has 0 aliphatic carbocycles. The molecule has 0 radical (unpaired) electrons. The van der Waals surface area contributed by atoms with Gasteiger partial charge in [0.2, 0.25) is 4.96 Å². The van der Waals surface area contributed by atoms with Gasteiger partial charge in [0.1, 0.15) is 5.75 Å². The largest absolute Gasteiger partial charge is 0.494 e. The van der Waals surface area contributed by atoms with Gasteiger partial charge in [0.15, 0.2) is 5.82 Å². The quantitative estimate of drug-likeness (QED) is 0.359. The Hall–Kier alpha value is -3.59. The molecule has 2 heterocycles. The number of thiazole rings is 1. The fourth-order valence-corrected chi connectivity index (χ4v) is 3.66. The summed E-state index contributed by atoms with van der Waals surface area (Å²) in [6, 6.07) is 13.5. The Bertz CT molecular complexity index is 1290. The van der Waals surface area contributed by atoms with Crippen molar-refractivity contribution in [3.05, 3.63) is 79.1 Å². The maximum absolute atomic E-state index is 12.7. The lowest BCUT2D eigenvalue weighted by atomic mass is 10.2. The van der Waals surface area contributed by atoms with Crippen LogP contribution < -0.4 is 14.8 Å². The molecule has 0 aliphatic rings. The molecular formula is C20H16N4O4S. The summed E-state index contributed by atoms with van der Waals surface area (Å²) in [7, 11) is 0. The SMILES string of the molecule is CCCOc1ccc(-c2nc3sc(=Cc4cccc([N+](=O)[O-])c4)c(=O)n3n2)cc1. The van der Waals surface area contributed by atoms with Gasteiger partial charge in [0.05, 0.1) is 16.1 Å². The number of nitrogens with zero attached hydrogens (tertiary/aromatic N) is 4. The second-order valence-electron chi connectivity index (χ2n) is 6.27. The van der Waals surface area contributed by atoms with Crippen molar-refractivity contribution in [3.8, 4) is 17.1 Å². The smallest absolute Gasteiger partial charge is 0.291 e. The van der Waals surface area contributed by atoms with Crippen LogP contribution in [0, 0.1) is 10.1 Å². The van der Waals surface area contributed by atoms with Gasteiger partial charge in [-0.25, -0.2) is 0 Å². The van der Waals surface area contributed by atoms with Crippen LogP contribution in [0.4, 0.5) is 5.69 Å². The zero-order valence-electron chi connectivity index (χ0n) is 15.4. The number of benzene rings is 2. The molecule has 0 atom stereocenters. The topological polar surface area (TPSA) is 99.6 Å². The minimum Gasteiger partial charge on any atom is -0.494 e. The first-order valence-electron chi connectivity index (χ1n) is 8.94. The Morgan fingerprint density at radius 1 is 1.24 bits per heavy atom. The predicted octanol–water partition coefficient (Wildman–Crippen LogP) is 3.06. The fourth-order valence-electron chi connectivity index (χ4n) is 2.76. The molecule has 4 aromatic rings. The summed E-state index contributed by atoms with van der Waals surface area (Å²) >= 11 is 1.19. The lowest BCUT2D eigenvalue weighted by molar-refractivity contribution is -0.384. The predicted molar refractivity (Wildman–Crippen MR) is 110 cm³/mol. The normalized spacial score (nSPS) is 11.8. The van der Waals surface area contributed by atoms with Crippen molar-refractivity contribution in [2.75, 3.05) is 6.61 Å². The van der Waals surface area contributed by atoms with E-state index in [-0.39, 0.29) is 11.2 Å². The zero-order chi connectivity index (χ0) is 20.4. The summed E-state index contributed by atoms with van der Waals surface area (Å²) in [5, 5.41) is 15.2. The van der Waals surface area contributed by atoms with Crippen molar-refractivity contribution < 1.29 is 9.66 Å². The Balaban J connectivity index is 1.67. The molecule has 2 aromatic heterocycles. The third-order valence-corrected chi connectivity index (χ3v) is 5.11. The molecule has 0 spiro atoms. The molecule has 0 aliphatic heterocycles. The van der Waals surface area contributed by atoms with Gasteiger partial charge < -0.3 is 4.74 Å². The Kier molecular flexibility index (Phi) is 5.05. The third kappa shape index (κ3) is 3.85. The van der Waals surface area contributed by atoms with Crippen LogP contribution in [0.25, 0.3) is 22.4 Å². The standard InChI is InChI=1S/C20H16N4O4S/c1-2-10-28-16-8-6-14(7-9-16)18-21-20-23(22-18)19(25)17(29-20)12-13-4-3-5-15(11-13)24(26)27/h3-9,11-12H,2,10H2,1H3. The summed E-state index contributed by atoms with van der Waals surface area (Å²) in [6.45, 7) is 2.70. The third-order valence-electron chi connectivity index (χ3n) is 4.15. The molecule has 0 saturated carbocycles. The van der Waals surface area contributed by atoms with Crippen molar-refractivity contribution in [1.82, 2.24) is 14.6 Å². The van der Waals surface area contributed by atoms with E-state index in [1.54, 1.807) is 18.2 Å². The van der Waals surface area contributed by atoms with Crippen LogP contribution in [-0.4, -0.2) is 26.1 Å². The van der Waals surface area contributed by atoms with E-state index >= 15 is 0 Å². The molecule has 0 N–H and O–H groups in total. The van der Waals surface area contributed by atoms with E-state index in [1.165, 1.54) is 28.0 Å². The monoisotopic (exact) mass is 408 g/mol. The molecule has 9 heteroatoms. The number of hydrogen-bond acceptors (Lipinski definition) is 7. The molecule has 29 heavy (non-hydrogen) atoms. The molecule has 2 aromatic carbocycles. The highest BCUT2D eigenvalue weighted by molar-refractivity contribution is 7.15. The molecule has 0 bridgehead atoms. The molecule has 8 nitrogen and oxygen atoms in total. The molecule has 0 saturated heterocycles. The van der Waals surface area contributed by atoms with E-state index in [1.807, 2.05) is 31.2 Å². The van der Waals surface area contributed by atoms with E-state index in [9.17, 15) is 14.9 Å². The number of fused-ring (bicyclic) bond motifs is 1. The van der Waals surface area contributed by atoms with Crippen LogP contribution in [0.3, 0.4) is 0 Å². The summed E-state index contributed by atoms with van der Waals surface area (Å²) in [4.78, 5) is 28.0. The summed E-state index contributed by atoms with van der Waals surface area (Å²) in [6.07, 6.45) is 2.54. The van der Waals surface area contributed by atoms with Crippen molar-refractivity contribution >= 4 is 28.1 Å². The van der Waals surface area contributed by atoms with Crippen molar-refractivity contribution in [2.45, 2.75) is 13.3 Å². The average Bonchev–Trinajstić information content (AvgIpc) is 3.27. The Labute approximate surface area is 168 Å². The van der Waals surface area contributed by atoms with Gasteiger partial charge in [-0.3, -0.25) is 14.9 Å². The Morgan fingerprint density at radius 2 is 2.03 bits per heavy atom. The molecule has 0 fully saturated rings. The van der Waals surface area contributed by atoms with Crippen molar-refractivity contribution in [2.24, 2.45) is 0 Å². The zero-order valence-corrected chi connectivity index (χ0v) is 16.3. The molecule has 0 unspecified atom stereocenters. The van der Waals surface area contributed by atoms with Crippen LogP contribution in [0.1, 0.15) is 18.9 Å². The number of ether oxygens (including phenoxy) is 1. The highest BCUT2D eigenvalue weighted by atomic mass is 32.1. The van der Waals surface area contributed by atoms with Crippen molar-refractivity contribution in [1.29, 1.82) is 0 Å². The van der Waals surface area contributed by atoms with Gasteiger partial charge in [-0.1, -0.05) is 30.4 Å². The number of hydrogen-bond donors (Lipinski definition) is 0. The van der Waals surface area contributed by atoms with E-state index in [2.05, 4.69) is 10.1 Å². The number of nitro benzene ring substituents is 1. The van der Waals surface area contributed by atoms with Gasteiger partial charge in [-0.05, 0) is 42.3 Å². The van der Waals surface area contributed by atoms with E-state index in [4.69, 9.17) is 4.74 Å². The van der Waals surface area contributed by atoms with Gasteiger partial charge in [0.25, 0.3) is 11.2 Å². The van der Waals surface area contributed by atoms with Crippen LogP contribution in [0.15, 0.2) is 53.3 Å². The van der Waals surface area contributed by atoms with Crippen LogP contribution >= 0.6 is 11.3 Å². The molecule has 0 amide bonds. The summed E-state index contributed by atoms with van der Waals surface area (Å²) < 4.78 is 7.23. The number of aromatic nitrogens is 3.